The molecule has 5 rings (SSSR count). The fourth-order valence-corrected chi connectivity index (χ4v) is 4.80. The van der Waals surface area contributed by atoms with Crippen LogP contribution < -0.4 is 14.8 Å². The van der Waals surface area contributed by atoms with E-state index in [0.717, 1.165) is 36.4 Å². The number of ether oxygens (including phenoxy) is 2. The second kappa shape index (κ2) is 11.0. The number of benzene rings is 2. The van der Waals surface area contributed by atoms with Crippen molar-refractivity contribution in [3.63, 3.8) is 0 Å². The van der Waals surface area contributed by atoms with Gasteiger partial charge < -0.3 is 25.0 Å². The minimum absolute atomic E-state index is 0.00595. The summed E-state index contributed by atoms with van der Waals surface area (Å²) in [5.74, 6) is -2.58. The highest BCUT2D eigenvalue weighted by Crippen LogP contribution is 2.47. The van der Waals surface area contributed by atoms with Crippen LogP contribution in [-0.4, -0.2) is 52.5 Å². The van der Waals surface area contributed by atoms with Crippen LogP contribution in [0.4, 0.5) is 22.0 Å². The van der Waals surface area contributed by atoms with E-state index in [-0.39, 0.29) is 57.1 Å². The van der Waals surface area contributed by atoms with Gasteiger partial charge in [-0.15, -0.1) is 0 Å². The van der Waals surface area contributed by atoms with Crippen LogP contribution in [0.5, 0.6) is 11.5 Å². The molecule has 1 amide bonds. The van der Waals surface area contributed by atoms with E-state index in [4.69, 9.17) is 9.47 Å². The zero-order chi connectivity index (χ0) is 32.0. The predicted molar refractivity (Wildman–Crippen MR) is 145 cm³/mol. The normalized spacial score (nSPS) is 17.4. The van der Waals surface area contributed by atoms with E-state index < -0.39 is 53.6 Å². The fraction of sp³-hybridized carbons (Fsp3) is 0.267. The summed E-state index contributed by atoms with van der Waals surface area (Å²) in [6.45, 7) is -0.884. The maximum absolute atomic E-state index is 14.6. The molecule has 0 bridgehead atoms. The van der Waals surface area contributed by atoms with Crippen LogP contribution in [0.2, 0.25) is 0 Å². The maximum atomic E-state index is 14.6. The number of carbonyl (C=O) groups is 1. The first-order chi connectivity index (χ1) is 20.7. The minimum Gasteiger partial charge on any atom is -0.494 e. The van der Waals surface area contributed by atoms with Gasteiger partial charge in [0.25, 0.3) is 5.91 Å². The molecule has 0 spiro atoms. The van der Waals surface area contributed by atoms with E-state index >= 15 is 0 Å². The average Bonchev–Trinajstić information content (AvgIpc) is 3.34. The molecular formula is C30H23F5N4O5. The second-order valence-corrected chi connectivity index (χ2v) is 10.3. The largest absolute Gasteiger partial charge is 0.494 e. The van der Waals surface area contributed by atoms with Gasteiger partial charge in [0, 0.05) is 22.1 Å². The number of nitrogens with one attached hydrogen (secondary N) is 1. The topological polar surface area (TPSA) is 138 Å². The standard InChI is InChI=1S/C30H23F5N4O5/c1-28(12-36)14-44-26-19(28)10-23(39-25(26)15-3-5-18(31)6-4-15)29(42,30(33,34)35)13-37-27(41)17-7-16-8-20(32)21(11-40)38-24(16)22(9-17)43-2/h3-10,40,42H,11,13-14H2,1-2H3,(H,37,41). The Bertz CT molecular complexity index is 1830. The van der Waals surface area contributed by atoms with Crippen LogP contribution in [0.15, 0.2) is 48.5 Å². The molecule has 2 aromatic carbocycles. The van der Waals surface area contributed by atoms with E-state index in [2.05, 4.69) is 15.3 Å². The van der Waals surface area contributed by atoms with Crippen molar-refractivity contribution in [2.45, 2.75) is 30.7 Å². The molecule has 0 saturated heterocycles. The van der Waals surface area contributed by atoms with Crippen molar-refractivity contribution in [1.82, 2.24) is 15.3 Å². The average molecular weight is 615 g/mol. The van der Waals surface area contributed by atoms with Crippen molar-refractivity contribution in [2.75, 3.05) is 20.3 Å². The quantitative estimate of drug-likeness (QED) is 0.260. The number of hydrogen-bond donors (Lipinski definition) is 3. The number of pyridine rings is 2. The van der Waals surface area contributed by atoms with Gasteiger partial charge in [-0.1, -0.05) is 0 Å². The molecule has 1 aliphatic heterocycles. The number of amides is 1. The molecule has 0 saturated carbocycles. The molecule has 0 aliphatic carbocycles. The third-order valence-electron chi connectivity index (χ3n) is 7.38. The van der Waals surface area contributed by atoms with Crippen molar-refractivity contribution < 1.29 is 46.4 Å². The summed E-state index contributed by atoms with van der Waals surface area (Å²) in [6, 6.07) is 10.9. The number of aliphatic hydroxyl groups excluding tert-OH is 1. The first-order valence-corrected chi connectivity index (χ1v) is 13.0. The molecular weight excluding hydrogens is 591 g/mol. The number of methoxy groups -OCH3 is 1. The van der Waals surface area contributed by atoms with Crippen LogP contribution in [0.1, 0.15) is 34.2 Å². The number of hydrogen-bond acceptors (Lipinski definition) is 8. The Balaban J connectivity index is 1.57. The lowest BCUT2D eigenvalue weighted by Crippen LogP contribution is -2.51. The number of nitrogens with zero attached hydrogens (tertiary/aromatic N) is 3. The van der Waals surface area contributed by atoms with Crippen LogP contribution >= 0.6 is 0 Å². The van der Waals surface area contributed by atoms with E-state index in [9.17, 15) is 42.2 Å². The number of nitriles is 1. The lowest BCUT2D eigenvalue weighted by Gasteiger charge is -2.31. The zero-order valence-corrected chi connectivity index (χ0v) is 23.1. The van der Waals surface area contributed by atoms with Gasteiger partial charge in [-0.2, -0.15) is 18.4 Å². The number of fused-ring (bicyclic) bond motifs is 2. The van der Waals surface area contributed by atoms with Gasteiger partial charge in [0.15, 0.2) is 5.75 Å². The number of aliphatic hydroxyl groups is 2. The Morgan fingerprint density at radius 2 is 1.86 bits per heavy atom. The Labute approximate surface area is 246 Å². The Morgan fingerprint density at radius 3 is 2.48 bits per heavy atom. The Hall–Kier alpha value is -4.87. The number of carbonyl (C=O) groups excluding carboxylic acids is 1. The summed E-state index contributed by atoms with van der Waals surface area (Å²) in [5, 5.41) is 32.4. The lowest BCUT2D eigenvalue weighted by atomic mass is 9.83. The summed E-state index contributed by atoms with van der Waals surface area (Å²) in [6.07, 6.45) is -5.39. The van der Waals surface area contributed by atoms with Gasteiger partial charge in [-0.25, -0.2) is 18.7 Å². The van der Waals surface area contributed by atoms with E-state index in [1.165, 1.54) is 26.2 Å². The van der Waals surface area contributed by atoms with Gasteiger partial charge >= 0.3 is 6.18 Å². The van der Waals surface area contributed by atoms with Gasteiger partial charge in [-0.05, 0) is 55.5 Å². The smallest absolute Gasteiger partial charge is 0.424 e. The van der Waals surface area contributed by atoms with Gasteiger partial charge in [0.1, 0.15) is 46.3 Å². The van der Waals surface area contributed by atoms with Crippen molar-refractivity contribution in [3.8, 4) is 28.8 Å². The molecule has 14 heteroatoms. The molecule has 44 heavy (non-hydrogen) atoms. The van der Waals surface area contributed by atoms with Crippen LogP contribution in [0.3, 0.4) is 0 Å². The number of rotatable bonds is 7. The highest BCUT2D eigenvalue weighted by Gasteiger charge is 2.57. The Morgan fingerprint density at radius 1 is 1.16 bits per heavy atom. The van der Waals surface area contributed by atoms with E-state index in [1.807, 2.05) is 6.07 Å². The summed E-state index contributed by atoms with van der Waals surface area (Å²) in [5.41, 5.74) is -6.51. The summed E-state index contributed by atoms with van der Waals surface area (Å²) in [4.78, 5) is 21.1. The predicted octanol–water partition coefficient (Wildman–Crippen LogP) is 4.43. The molecule has 3 N–H and O–H groups in total. The van der Waals surface area contributed by atoms with Crippen LogP contribution in [0, 0.1) is 23.0 Å². The first-order valence-electron chi connectivity index (χ1n) is 13.0. The van der Waals surface area contributed by atoms with Gasteiger partial charge in [-0.3, -0.25) is 4.79 Å². The Kier molecular flexibility index (Phi) is 7.65. The molecule has 0 fully saturated rings. The molecule has 2 aromatic heterocycles. The number of halogens is 5. The highest BCUT2D eigenvalue weighted by atomic mass is 19.4. The monoisotopic (exact) mass is 614 g/mol. The summed E-state index contributed by atoms with van der Waals surface area (Å²) >= 11 is 0. The van der Waals surface area contributed by atoms with Crippen molar-refractivity contribution in [2.24, 2.45) is 0 Å². The third kappa shape index (κ3) is 5.14. The number of alkyl halides is 3. The molecule has 228 valence electrons. The molecule has 3 heterocycles. The van der Waals surface area contributed by atoms with Crippen molar-refractivity contribution in [1.29, 1.82) is 5.26 Å². The molecule has 0 radical (unpaired) electrons. The van der Waals surface area contributed by atoms with Gasteiger partial charge in [0.05, 0.1) is 32.0 Å². The molecule has 9 nitrogen and oxygen atoms in total. The highest BCUT2D eigenvalue weighted by molar-refractivity contribution is 6.00. The third-order valence-corrected chi connectivity index (χ3v) is 7.38. The zero-order valence-electron chi connectivity index (χ0n) is 23.1. The minimum atomic E-state index is -5.39. The van der Waals surface area contributed by atoms with E-state index in [0.29, 0.717) is 0 Å². The first kappa shape index (κ1) is 30.6. The summed E-state index contributed by atoms with van der Waals surface area (Å²) in [7, 11) is 1.24. The fourth-order valence-electron chi connectivity index (χ4n) is 4.80. The number of aromatic nitrogens is 2. The molecule has 1 aliphatic rings. The van der Waals surface area contributed by atoms with Gasteiger partial charge in [0.2, 0.25) is 5.60 Å². The molecule has 2 unspecified atom stereocenters. The van der Waals surface area contributed by atoms with Crippen LogP contribution in [0.25, 0.3) is 22.2 Å². The van der Waals surface area contributed by atoms with Crippen molar-refractivity contribution in [3.05, 3.63) is 82.7 Å². The second-order valence-electron chi connectivity index (χ2n) is 10.3. The maximum Gasteiger partial charge on any atom is 0.424 e. The summed E-state index contributed by atoms with van der Waals surface area (Å²) < 4.78 is 82.6. The lowest BCUT2D eigenvalue weighted by molar-refractivity contribution is -0.265. The molecule has 2 atom stereocenters. The van der Waals surface area contributed by atoms with E-state index in [1.54, 1.807) is 0 Å². The SMILES string of the molecule is COc1cc(C(=O)NCC(O)(c2cc3c(c(-c4ccc(F)cc4)n2)OCC3(C)C#N)C(F)(F)F)cc2cc(F)c(CO)nc12. The van der Waals surface area contributed by atoms with Crippen LogP contribution in [-0.2, 0) is 17.6 Å². The van der Waals surface area contributed by atoms with Crippen molar-refractivity contribution >= 4 is 16.8 Å². The molecule has 4 aromatic rings.